The minimum atomic E-state index is 0. The summed E-state index contributed by atoms with van der Waals surface area (Å²) in [5, 5.41) is 0. The Morgan fingerprint density at radius 3 is 1.17 bits per heavy atom. The summed E-state index contributed by atoms with van der Waals surface area (Å²) in [6, 6.07) is 0. The van der Waals surface area contributed by atoms with Gasteiger partial charge in [0.2, 0.25) is 10.1 Å². The summed E-state index contributed by atoms with van der Waals surface area (Å²) >= 11 is 0. The zero-order chi connectivity index (χ0) is 2.00. The molecular weight excluding hydrogens is 219 g/mol. The Bertz CT molecular complexity index is 13.5. The summed E-state index contributed by atoms with van der Waals surface area (Å²) < 4.78 is 8.28. The van der Waals surface area contributed by atoms with Crippen LogP contribution in [0.3, 0.4) is 0 Å². The van der Waals surface area contributed by atoms with Crippen LogP contribution in [0.5, 0.6) is 0 Å². The summed E-state index contributed by atoms with van der Waals surface area (Å²) in [4.78, 5) is 0. The zero-order valence-corrected chi connectivity index (χ0v) is 12.2. The number of rotatable bonds is 0. The molecule has 0 bridgehead atoms. The van der Waals surface area contributed by atoms with Crippen LogP contribution in [0.25, 0.3) is 0 Å². The Morgan fingerprint density at radius 1 is 1.17 bits per heavy atom. The summed E-state index contributed by atoms with van der Waals surface area (Å²) in [5.41, 5.74) is 0. The molecule has 0 radical (unpaired) electrons. The molecule has 0 heterocycles. The molecule has 0 spiro atoms. The normalized spacial score (nSPS) is 0.667. The maximum Gasteiger partial charge on any atom is 2.00 e. The van der Waals surface area contributed by atoms with Crippen molar-refractivity contribution in [2.75, 3.05) is 0 Å². The molecule has 0 aliphatic heterocycles. The smallest absolute Gasteiger partial charge is 0.870 e. The average molecular weight is 222 g/mol. The van der Waals surface area contributed by atoms with Gasteiger partial charge in [-0.25, -0.2) is 0 Å². The molecule has 6 heavy (non-hydrogen) atoms. The Balaban J connectivity index is -0.000000000833. The van der Waals surface area contributed by atoms with Crippen LogP contribution < -0.4 is 29.6 Å². The molecule has 0 saturated carbocycles. The third-order valence-electron chi connectivity index (χ3n) is 0. The topological polar surface area (TPSA) is 47.1 Å². The monoisotopic (exact) mass is 222 g/mol. The van der Waals surface area contributed by atoms with Crippen molar-refractivity contribution in [3.63, 3.8) is 0 Å². The minimum absolute atomic E-state index is 0. The Morgan fingerprint density at radius 2 is 1.17 bits per heavy atom. The molecule has 0 atom stereocenters. The van der Waals surface area contributed by atoms with Gasteiger partial charge in [-0.15, -0.1) is 0 Å². The maximum atomic E-state index is 8.28. The van der Waals surface area contributed by atoms with E-state index in [2.05, 4.69) is 0 Å². The van der Waals surface area contributed by atoms with E-state index in [0.717, 1.165) is 0 Å². The van der Waals surface area contributed by atoms with Gasteiger partial charge in [0.1, 0.15) is 0 Å². The number of hydrogen-bond acceptors (Lipinski definition) is 2. The first-order chi connectivity index (χ1) is 1.00. The van der Waals surface area contributed by atoms with Crippen molar-refractivity contribution in [1.82, 2.24) is 0 Å². The van der Waals surface area contributed by atoms with Crippen molar-refractivity contribution >= 4 is 55.6 Å². The maximum absolute atomic E-state index is 8.28. The van der Waals surface area contributed by atoms with Crippen molar-refractivity contribution in [1.29, 1.82) is 0 Å². The third kappa shape index (κ3) is 27.2. The molecule has 0 rings (SSSR count). The summed E-state index contributed by atoms with van der Waals surface area (Å²) in [6.07, 6.45) is 0. The molecule has 0 aliphatic rings. The van der Waals surface area contributed by atoms with Crippen LogP contribution in [0, 0.1) is 0 Å². The first-order valence-corrected chi connectivity index (χ1v) is 0.866. The minimum Gasteiger partial charge on any atom is -0.870 e. The summed E-state index contributed by atoms with van der Waals surface area (Å²) in [6.45, 7) is 0. The van der Waals surface area contributed by atoms with Gasteiger partial charge < -0.3 is 9.94 Å². The van der Waals surface area contributed by atoms with Crippen LogP contribution in [0.4, 0.5) is 0 Å². The zero-order valence-electron chi connectivity index (χ0n) is 3.77. The van der Waals surface area contributed by atoms with E-state index < -0.39 is 0 Å². The molecule has 24 valence electrons. The predicted molar refractivity (Wildman–Crippen MR) is 16.9 cm³/mol. The van der Waals surface area contributed by atoms with E-state index in [1.54, 1.807) is 0 Å². The summed E-state index contributed by atoms with van der Waals surface area (Å²) in [7, 11) is 0.611. The van der Waals surface area contributed by atoms with Gasteiger partial charge in [0.25, 0.3) is 0 Å². The van der Waals surface area contributed by atoms with Gasteiger partial charge in [0.15, 0.2) is 0 Å². The van der Waals surface area contributed by atoms with Gasteiger partial charge >= 0.3 is 75.0 Å². The van der Waals surface area contributed by atoms with Gasteiger partial charge in [0.05, 0.1) is 0 Å². The molecule has 0 fully saturated rings. The molecule has 6 heteroatoms. The molecule has 0 aliphatic carbocycles. The number of hydrogen-bond donors (Lipinski definition) is 0. The van der Waals surface area contributed by atoms with Crippen LogP contribution in [0.2, 0.25) is 0 Å². The Labute approximate surface area is 114 Å². The Kier molecular flexibility index (Phi) is 245. The van der Waals surface area contributed by atoms with E-state index in [0.29, 0.717) is 10.1 Å². The molecule has 0 unspecified atom stereocenters. The van der Waals surface area contributed by atoms with Gasteiger partial charge in [-0.05, 0) is 0 Å². The van der Waals surface area contributed by atoms with Crippen LogP contribution in [-0.2, 0) is 26.2 Å². The average Bonchev–Trinajstić information content (AvgIpc) is 1.00. The van der Waals surface area contributed by atoms with Gasteiger partial charge in [-0.1, -0.05) is 0 Å². The molecule has 2 nitrogen and oxygen atoms in total. The fourth-order valence-electron chi connectivity index (χ4n) is 0. The van der Waals surface area contributed by atoms with E-state index in [-0.39, 0.29) is 102 Å². The van der Waals surface area contributed by atoms with Crippen molar-refractivity contribution in [2.24, 2.45) is 0 Å². The molecular formula is H3NaO2SiSrTi+2. The first kappa shape index (κ1) is 35.2. The molecule has 0 aromatic rings. The molecule has 0 aromatic heterocycles. The standard InChI is InChI=1S/Na.H2OSi.H2O.Sr.Ti/c;1-2;;;/h;2H2;1H2;;/q+1;;;+2;/p-1. The largest absolute Gasteiger partial charge is 2.00 e. The van der Waals surface area contributed by atoms with Crippen molar-refractivity contribution < 1.29 is 61.2 Å². The molecule has 0 aromatic carbocycles. The second kappa shape index (κ2) is 41.8. The SMILES string of the molecule is O=[SiH2].[Na+].[OH-].[Sr+2].[Ti]. The second-order valence-electron chi connectivity index (χ2n) is 0. The van der Waals surface area contributed by atoms with Gasteiger partial charge in [-0.2, -0.15) is 0 Å². The van der Waals surface area contributed by atoms with E-state index in [4.69, 9.17) is 4.46 Å². The van der Waals surface area contributed by atoms with E-state index >= 15 is 0 Å². The quantitative estimate of drug-likeness (QED) is 0.387. The van der Waals surface area contributed by atoms with Crippen LogP contribution in [-0.4, -0.2) is 61.1 Å². The van der Waals surface area contributed by atoms with Crippen molar-refractivity contribution in [3.05, 3.63) is 0 Å². The van der Waals surface area contributed by atoms with Crippen LogP contribution in [0.15, 0.2) is 0 Å². The fourth-order valence-corrected chi connectivity index (χ4v) is 0. The third-order valence-corrected chi connectivity index (χ3v) is 0. The van der Waals surface area contributed by atoms with Crippen LogP contribution in [0.1, 0.15) is 0 Å². The predicted octanol–water partition coefficient (Wildman–Crippen LogP) is -4.59. The summed E-state index contributed by atoms with van der Waals surface area (Å²) in [5.74, 6) is 0. The molecule has 0 saturated heterocycles. The fraction of sp³-hybridized carbons (Fsp3) is 0. The first-order valence-electron chi connectivity index (χ1n) is 0.289. The Hall–Kier alpha value is 3.17. The van der Waals surface area contributed by atoms with E-state index in [1.165, 1.54) is 0 Å². The molecule has 0 amide bonds. The second-order valence-corrected chi connectivity index (χ2v) is 0. The molecule has 1 N–H and O–H groups in total. The van der Waals surface area contributed by atoms with E-state index in [1.807, 2.05) is 0 Å². The van der Waals surface area contributed by atoms with Gasteiger partial charge in [-0.3, -0.25) is 0 Å². The van der Waals surface area contributed by atoms with Gasteiger partial charge in [0, 0.05) is 21.7 Å². The van der Waals surface area contributed by atoms with E-state index in [9.17, 15) is 0 Å². The van der Waals surface area contributed by atoms with Crippen molar-refractivity contribution in [2.45, 2.75) is 0 Å². The van der Waals surface area contributed by atoms with Crippen molar-refractivity contribution in [3.8, 4) is 0 Å². The van der Waals surface area contributed by atoms with Crippen LogP contribution >= 0.6 is 0 Å².